The minimum Gasteiger partial charge on any atom is -0.437 e. The van der Waals surface area contributed by atoms with Crippen molar-refractivity contribution in [2.24, 2.45) is 0 Å². The van der Waals surface area contributed by atoms with Crippen LogP contribution in [-0.2, 0) is 0 Å². The maximum Gasteiger partial charge on any atom is 0.251 e. The quantitative estimate of drug-likeness (QED) is 0.543. The first kappa shape index (κ1) is 19.7. The molecule has 7 heteroatoms. The van der Waals surface area contributed by atoms with Crippen molar-refractivity contribution < 1.29 is 9.53 Å². The van der Waals surface area contributed by atoms with Crippen molar-refractivity contribution in [1.29, 1.82) is 5.26 Å². The van der Waals surface area contributed by atoms with E-state index in [9.17, 15) is 4.79 Å². The zero-order valence-corrected chi connectivity index (χ0v) is 16.2. The number of halogens is 2. The van der Waals surface area contributed by atoms with Crippen LogP contribution in [0.5, 0.6) is 11.6 Å². The number of rotatable bonds is 6. The van der Waals surface area contributed by atoms with Gasteiger partial charge in [0.15, 0.2) is 0 Å². The minimum absolute atomic E-state index is 0.241. The lowest BCUT2D eigenvalue weighted by Crippen LogP contribution is -2.24. The molecule has 5 nitrogen and oxygen atoms in total. The summed E-state index contributed by atoms with van der Waals surface area (Å²) in [7, 11) is 0. The maximum atomic E-state index is 12.2. The van der Waals surface area contributed by atoms with Crippen LogP contribution in [0.1, 0.15) is 16.8 Å². The molecule has 0 fully saturated rings. The summed E-state index contributed by atoms with van der Waals surface area (Å²) in [6.07, 6.45) is 0.262. The number of nitrogens with zero attached hydrogens (tertiary/aromatic N) is 2. The summed E-state index contributed by atoms with van der Waals surface area (Å²) in [6, 6.07) is 19.3. The van der Waals surface area contributed by atoms with E-state index in [1.165, 1.54) is 0 Å². The summed E-state index contributed by atoms with van der Waals surface area (Å²) in [5.41, 5.74) is 1.89. The first-order valence-corrected chi connectivity index (χ1v) is 9.18. The van der Waals surface area contributed by atoms with Gasteiger partial charge in [-0.15, -0.1) is 0 Å². The monoisotopic (exact) mass is 411 g/mol. The Balaban J connectivity index is 1.82. The molecule has 1 N–H and O–H groups in total. The van der Waals surface area contributed by atoms with Gasteiger partial charge in [0.05, 0.1) is 23.2 Å². The molecule has 1 amide bonds. The number of pyridine rings is 1. The number of hydrogen-bond donors (Lipinski definition) is 1. The Morgan fingerprint density at radius 2 is 1.93 bits per heavy atom. The smallest absolute Gasteiger partial charge is 0.251 e. The van der Waals surface area contributed by atoms with Gasteiger partial charge in [-0.1, -0.05) is 41.4 Å². The maximum absolute atomic E-state index is 12.2. The Hall–Kier alpha value is -3.07. The van der Waals surface area contributed by atoms with Gasteiger partial charge in [-0.2, -0.15) is 5.26 Å². The van der Waals surface area contributed by atoms with Gasteiger partial charge < -0.3 is 10.1 Å². The van der Waals surface area contributed by atoms with E-state index in [2.05, 4.69) is 10.3 Å². The van der Waals surface area contributed by atoms with E-state index in [4.69, 9.17) is 33.2 Å². The summed E-state index contributed by atoms with van der Waals surface area (Å²) in [5.74, 6) is 0.519. The third-order valence-corrected chi connectivity index (χ3v) is 4.32. The van der Waals surface area contributed by atoms with Gasteiger partial charge in [-0.3, -0.25) is 4.79 Å². The van der Waals surface area contributed by atoms with E-state index in [-0.39, 0.29) is 12.3 Å². The first-order valence-electron chi connectivity index (χ1n) is 8.42. The first-order chi connectivity index (χ1) is 13.6. The fraction of sp³-hybridized carbons (Fsp3) is 0.0952. The van der Waals surface area contributed by atoms with Crippen molar-refractivity contribution in [2.75, 3.05) is 6.54 Å². The van der Waals surface area contributed by atoms with Gasteiger partial charge >= 0.3 is 0 Å². The molecule has 0 radical (unpaired) electrons. The fourth-order valence-electron chi connectivity index (χ4n) is 2.45. The van der Waals surface area contributed by atoms with Crippen LogP contribution in [0.15, 0.2) is 60.7 Å². The Labute approximate surface area is 172 Å². The van der Waals surface area contributed by atoms with Gasteiger partial charge in [0.1, 0.15) is 5.75 Å². The van der Waals surface area contributed by atoms with Crippen LogP contribution in [0.25, 0.3) is 11.3 Å². The van der Waals surface area contributed by atoms with Crippen molar-refractivity contribution in [3.05, 3.63) is 76.3 Å². The highest BCUT2D eigenvalue weighted by molar-refractivity contribution is 6.34. The molecule has 3 rings (SSSR count). The Bertz CT molecular complexity index is 1050. The molecular formula is C21H15Cl2N3O2. The van der Waals surface area contributed by atoms with E-state index in [1.807, 2.05) is 18.2 Å². The van der Waals surface area contributed by atoms with Crippen LogP contribution in [0, 0.1) is 11.3 Å². The number of benzene rings is 2. The summed E-state index contributed by atoms with van der Waals surface area (Å²) < 4.78 is 5.76. The van der Waals surface area contributed by atoms with Crippen molar-refractivity contribution in [1.82, 2.24) is 10.3 Å². The molecule has 3 aromatic rings. The van der Waals surface area contributed by atoms with Crippen molar-refractivity contribution >= 4 is 29.1 Å². The van der Waals surface area contributed by atoms with E-state index < -0.39 is 0 Å². The average Bonchev–Trinajstić information content (AvgIpc) is 2.71. The van der Waals surface area contributed by atoms with E-state index >= 15 is 0 Å². The molecular weight excluding hydrogens is 397 g/mol. The molecule has 1 heterocycles. The van der Waals surface area contributed by atoms with Crippen LogP contribution in [0.4, 0.5) is 0 Å². The summed E-state index contributed by atoms with van der Waals surface area (Å²) >= 11 is 12.1. The lowest BCUT2D eigenvalue weighted by atomic mass is 10.1. The van der Waals surface area contributed by atoms with Crippen LogP contribution in [0.3, 0.4) is 0 Å². The molecule has 0 saturated heterocycles. The minimum atomic E-state index is -0.241. The highest BCUT2D eigenvalue weighted by Gasteiger charge is 2.10. The van der Waals surface area contributed by atoms with Crippen LogP contribution in [0.2, 0.25) is 10.0 Å². The van der Waals surface area contributed by atoms with E-state index in [0.717, 1.165) is 5.56 Å². The van der Waals surface area contributed by atoms with Crippen molar-refractivity contribution in [2.45, 2.75) is 6.42 Å². The second-order valence-corrected chi connectivity index (χ2v) is 6.63. The second-order valence-electron chi connectivity index (χ2n) is 5.78. The zero-order chi connectivity index (χ0) is 19.9. The number of carbonyl (C=O) groups excluding carboxylic acids is 1. The van der Waals surface area contributed by atoms with Gasteiger partial charge in [-0.25, -0.2) is 4.98 Å². The third-order valence-electron chi connectivity index (χ3n) is 3.77. The summed E-state index contributed by atoms with van der Waals surface area (Å²) in [5, 5.41) is 12.2. The summed E-state index contributed by atoms with van der Waals surface area (Å²) in [6.45, 7) is 0.307. The standard InChI is InChI=1S/C21H15Cl2N3O2/c22-16-8-9-17(23)19(13-16)28-20-7-2-6-18(26-20)14-4-1-5-15(12-14)21(27)25-11-3-10-24/h1-2,4-9,12-13H,3,11H2,(H,25,27). The number of amides is 1. The molecule has 1 aromatic heterocycles. The van der Waals surface area contributed by atoms with Crippen LogP contribution >= 0.6 is 23.2 Å². The average molecular weight is 412 g/mol. The predicted octanol–water partition coefficient (Wildman–Crippen LogP) is 5.49. The lowest BCUT2D eigenvalue weighted by Gasteiger charge is -2.09. The number of nitriles is 1. The molecule has 0 atom stereocenters. The number of aromatic nitrogens is 1. The molecule has 0 spiro atoms. The Morgan fingerprint density at radius 1 is 1.11 bits per heavy atom. The molecule has 0 saturated carbocycles. The van der Waals surface area contributed by atoms with E-state index in [1.54, 1.807) is 48.5 Å². The molecule has 0 aliphatic rings. The van der Waals surface area contributed by atoms with Crippen LogP contribution < -0.4 is 10.1 Å². The van der Waals surface area contributed by atoms with Gasteiger partial charge in [0.25, 0.3) is 5.91 Å². The highest BCUT2D eigenvalue weighted by atomic mass is 35.5. The molecule has 28 heavy (non-hydrogen) atoms. The Kier molecular flexibility index (Phi) is 6.49. The Morgan fingerprint density at radius 3 is 2.75 bits per heavy atom. The third kappa shape index (κ3) is 5.01. The SMILES string of the molecule is N#CCCNC(=O)c1cccc(-c2cccc(Oc3cc(Cl)ccc3Cl)n2)c1. The van der Waals surface area contributed by atoms with E-state index in [0.29, 0.717) is 39.5 Å². The molecule has 0 unspecified atom stereocenters. The topological polar surface area (TPSA) is 75.0 Å². The largest absolute Gasteiger partial charge is 0.437 e. The molecule has 0 aliphatic heterocycles. The van der Waals surface area contributed by atoms with Crippen molar-refractivity contribution in [3.8, 4) is 29.0 Å². The highest BCUT2D eigenvalue weighted by Crippen LogP contribution is 2.32. The van der Waals surface area contributed by atoms with Gasteiger partial charge in [0.2, 0.25) is 5.88 Å². The normalized spacial score (nSPS) is 10.2. The fourth-order valence-corrected chi connectivity index (χ4v) is 2.77. The lowest BCUT2D eigenvalue weighted by molar-refractivity contribution is 0.0954. The number of hydrogen-bond acceptors (Lipinski definition) is 4. The predicted molar refractivity (Wildman–Crippen MR) is 109 cm³/mol. The zero-order valence-electron chi connectivity index (χ0n) is 14.7. The summed E-state index contributed by atoms with van der Waals surface area (Å²) in [4.78, 5) is 16.7. The molecule has 140 valence electrons. The van der Waals surface area contributed by atoms with Crippen LogP contribution in [-0.4, -0.2) is 17.4 Å². The molecule has 2 aromatic carbocycles. The molecule has 0 aliphatic carbocycles. The number of carbonyl (C=O) groups is 1. The second kappa shape index (κ2) is 9.23. The van der Waals surface area contributed by atoms with Crippen molar-refractivity contribution in [3.63, 3.8) is 0 Å². The van der Waals surface area contributed by atoms with Gasteiger partial charge in [0, 0.05) is 34.8 Å². The number of ether oxygens (including phenoxy) is 1. The number of nitrogens with one attached hydrogen (secondary N) is 1. The van der Waals surface area contributed by atoms with Gasteiger partial charge in [-0.05, 0) is 30.3 Å². The molecule has 0 bridgehead atoms.